The first-order valence-corrected chi connectivity index (χ1v) is 9.82. The first kappa shape index (κ1) is 19.1. The van der Waals surface area contributed by atoms with Crippen molar-refractivity contribution in [1.29, 1.82) is 0 Å². The van der Waals surface area contributed by atoms with Crippen LogP contribution >= 0.6 is 11.3 Å². The van der Waals surface area contributed by atoms with Crippen molar-refractivity contribution in [2.75, 3.05) is 40.4 Å². The lowest BCUT2D eigenvalue weighted by molar-refractivity contribution is -0.135. The number of likely N-dealkylation sites (tertiary alicyclic amines) is 1. The number of likely N-dealkylation sites (N-methyl/N-ethyl adjacent to an activating group) is 1. The highest BCUT2D eigenvalue weighted by molar-refractivity contribution is 7.10. The van der Waals surface area contributed by atoms with Gasteiger partial charge in [0.1, 0.15) is 6.61 Å². The summed E-state index contributed by atoms with van der Waals surface area (Å²) >= 11 is 1.62. The molecule has 6 nitrogen and oxygen atoms in total. The van der Waals surface area contributed by atoms with E-state index in [-0.39, 0.29) is 30.1 Å². The van der Waals surface area contributed by atoms with E-state index in [1.165, 1.54) is 4.90 Å². The Hall–Kier alpha value is -1.70. The molecule has 1 atom stereocenters. The number of ether oxygens (including phenoxy) is 2. The molecular weight excluding hydrogens is 352 g/mol. The fourth-order valence-electron chi connectivity index (χ4n) is 3.36. The van der Waals surface area contributed by atoms with Crippen molar-refractivity contribution in [1.82, 2.24) is 9.80 Å². The van der Waals surface area contributed by atoms with E-state index >= 15 is 0 Å². The highest BCUT2D eigenvalue weighted by Gasteiger charge is 2.43. The van der Waals surface area contributed by atoms with E-state index in [0.29, 0.717) is 19.7 Å². The lowest BCUT2D eigenvalue weighted by atomic mass is 9.88. The minimum atomic E-state index is -0.208. The van der Waals surface area contributed by atoms with Gasteiger partial charge in [0.25, 0.3) is 0 Å². The van der Waals surface area contributed by atoms with Crippen LogP contribution in [0.2, 0.25) is 0 Å². The second-order valence-electron chi connectivity index (χ2n) is 7.09. The minimum Gasteiger partial charge on any atom is -0.372 e. The number of rotatable bonds is 5. The summed E-state index contributed by atoms with van der Waals surface area (Å²) < 4.78 is 11.7. The van der Waals surface area contributed by atoms with Crippen LogP contribution in [0, 0.1) is 0 Å². The fraction of sp³-hybridized carbons (Fsp3) is 0.579. The van der Waals surface area contributed by atoms with Crippen LogP contribution in [-0.2, 0) is 19.1 Å². The summed E-state index contributed by atoms with van der Waals surface area (Å²) in [5, 5.41) is 2.00. The van der Waals surface area contributed by atoms with Gasteiger partial charge >= 0.3 is 0 Å². The summed E-state index contributed by atoms with van der Waals surface area (Å²) in [6.07, 6.45) is 5.90. The Bertz CT molecular complexity index is 649. The molecule has 26 heavy (non-hydrogen) atoms. The summed E-state index contributed by atoms with van der Waals surface area (Å²) in [6.45, 7) is 2.00. The van der Waals surface area contributed by atoms with Crippen LogP contribution in [0.25, 0.3) is 6.08 Å². The van der Waals surface area contributed by atoms with Crippen LogP contribution in [0.15, 0.2) is 23.6 Å². The number of hydrogen-bond acceptors (Lipinski definition) is 5. The Morgan fingerprint density at radius 1 is 1.42 bits per heavy atom. The van der Waals surface area contributed by atoms with Crippen LogP contribution in [-0.4, -0.2) is 73.7 Å². The zero-order valence-electron chi connectivity index (χ0n) is 15.3. The molecule has 1 unspecified atom stereocenters. The van der Waals surface area contributed by atoms with Gasteiger partial charge in [-0.1, -0.05) is 6.07 Å². The zero-order chi connectivity index (χ0) is 18.6. The summed E-state index contributed by atoms with van der Waals surface area (Å²) in [5.74, 6) is 0.0134. The molecular formula is C19H26N2O4S. The maximum Gasteiger partial charge on any atom is 0.248 e. The number of thiophene rings is 1. The van der Waals surface area contributed by atoms with Gasteiger partial charge in [0, 0.05) is 44.6 Å². The maximum absolute atomic E-state index is 12.3. The average Bonchev–Trinajstić information content (AvgIpc) is 3.28. The molecule has 0 saturated carbocycles. The van der Waals surface area contributed by atoms with Crippen LogP contribution in [0.5, 0.6) is 0 Å². The predicted octanol–water partition coefficient (Wildman–Crippen LogP) is 2.02. The van der Waals surface area contributed by atoms with Gasteiger partial charge in [-0.25, -0.2) is 0 Å². The predicted molar refractivity (Wildman–Crippen MR) is 101 cm³/mol. The van der Waals surface area contributed by atoms with E-state index in [1.807, 2.05) is 28.5 Å². The average molecular weight is 378 g/mol. The Morgan fingerprint density at radius 3 is 2.85 bits per heavy atom. The number of piperidine rings is 1. The smallest absolute Gasteiger partial charge is 0.248 e. The van der Waals surface area contributed by atoms with Crippen LogP contribution < -0.4 is 0 Å². The summed E-state index contributed by atoms with van der Waals surface area (Å²) in [6, 6.07) is 3.97. The maximum atomic E-state index is 12.3. The molecule has 0 aromatic carbocycles. The van der Waals surface area contributed by atoms with Gasteiger partial charge in [-0.3, -0.25) is 9.59 Å². The van der Waals surface area contributed by atoms with E-state index in [4.69, 9.17) is 9.47 Å². The van der Waals surface area contributed by atoms with Crippen molar-refractivity contribution in [2.24, 2.45) is 0 Å². The monoisotopic (exact) mass is 378 g/mol. The quantitative estimate of drug-likeness (QED) is 0.736. The van der Waals surface area contributed by atoms with Gasteiger partial charge in [0.05, 0.1) is 18.3 Å². The standard InChI is InChI=1S/C19H26N2O4S/c1-20(2)18(23)14-24-15-12-19(25-13-15)7-9-21(10-8-19)17(22)6-5-16-4-3-11-26-16/h3-6,11,15H,7-10,12-14H2,1-2H3/b6-5+. The van der Waals surface area contributed by atoms with E-state index < -0.39 is 0 Å². The first-order chi connectivity index (χ1) is 12.5. The minimum absolute atomic E-state index is 0.0381. The molecule has 2 aliphatic rings. The van der Waals surface area contributed by atoms with Gasteiger partial charge < -0.3 is 19.3 Å². The SMILES string of the molecule is CN(C)C(=O)COC1COC2(CCN(C(=O)/C=C/c3cccs3)CC2)C1. The molecule has 0 aliphatic carbocycles. The molecule has 0 bridgehead atoms. The molecule has 3 rings (SSSR count). The molecule has 142 valence electrons. The largest absolute Gasteiger partial charge is 0.372 e. The van der Waals surface area contributed by atoms with Crippen LogP contribution in [0.4, 0.5) is 0 Å². The molecule has 0 N–H and O–H groups in total. The Labute approximate surface area is 158 Å². The van der Waals surface area contributed by atoms with E-state index in [9.17, 15) is 9.59 Å². The Kier molecular flexibility index (Phi) is 6.11. The first-order valence-electron chi connectivity index (χ1n) is 8.94. The number of hydrogen-bond donors (Lipinski definition) is 0. The highest BCUT2D eigenvalue weighted by Crippen LogP contribution is 2.37. The van der Waals surface area contributed by atoms with Gasteiger partial charge in [-0.2, -0.15) is 0 Å². The third kappa shape index (κ3) is 4.72. The van der Waals surface area contributed by atoms with E-state index in [0.717, 1.165) is 24.1 Å². The van der Waals surface area contributed by atoms with Crippen molar-refractivity contribution in [3.8, 4) is 0 Å². The molecule has 7 heteroatoms. The van der Waals surface area contributed by atoms with E-state index in [2.05, 4.69) is 0 Å². The molecule has 2 saturated heterocycles. The van der Waals surface area contributed by atoms with Crippen molar-refractivity contribution >= 4 is 29.2 Å². The lowest BCUT2D eigenvalue weighted by Gasteiger charge is -2.38. The van der Waals surface area contributed by atoms with Gasteiger partial charge in [-0.15, -0.1) is 11.3 Å². The third-order valence-corrected chi connectivity index (χ3v) is 5.87. The van der Waals surface area contributed by atoms with Gasteiger partial charge in [0.15, 0.2) is 0 Å². The molecule has 2 fully saturated rings. The topological polar surface area (TPSA) is 59.1 Å². The summed E-state index contributed by atoms with van der Waals surface area (Å²) in [7, 11) is 3.44. The van der Waals surface area contributed by atoms with E-state index in [1.54, 1.807) is 31.5 Å². The highest BCUT2D eigenvalue weighted by atomic mass is 32.1. The van der Waals surface area contributed by atoms with Crippen molar-refractivity contribution in [3.05, 3.63) is 28.5 Å². The van der Waals surface area contributed by atoms with Crippen molar-refractivity contribution in [2.45, 2.75) is 31.0 Å². The normalized spacial score (nSPS) is 22.2. The zero-order valence-corrected chi connectivity index (χ0v) is 16.2. The van der Waals surface area contributed by atoms with Crippen LogP contribution in [0.3, 0.4) is 0 Å². The molecule has 1 aromatic rings. The second-order valence-corrected chi connectivity index (χ2v) is 8.07. The van der Waals surface area contributed by atoms with Crippen molar-refractivity contribution < 1.29 is 19.1 Å². The number of amides is 2. The molecule has 1 aromatic heterocycles. The molecule has 1 spiro atoms. The molecule has 2 amide bonds. The lowest BCUT2D eigenvalue weighted by Crippen LogP contribution is -2.46. The Morgan fingerprint density at radius 2 is 2.19 bits per heavy atom. The second kappa shape index (κ2) is 8.33. The number of nitrogens with zero attached hydrogens (tertiary/aromatic N) is 2. The molecule has 3 heterocycles. The third-order valence-electron chi connectivity index (χ3n) is 5.04. The summed E-state index contributed by atoms with van der Waals surface area (Å²) in [4.78, 5) is 28.5. The van der Waals surface area contributed by atoms with Gasteiger partial charge in [0.2, 0.25) is 11.8 Å². The number of carbonyl (C=O) groups excluding carboxylic acids is 2. The Balaban J connectivity index is 1.44. The fourth-order valence-corrected chi connectivity index (χ4v) is 3.97. The van der Waals surface area contributed by atoms with Gasteiger partial charge in [-0.05, 0) is 30.4 Å². The van der Waals surface area contributed by atoms with Crippen molar-refractivity contribution in [3.63, 3.8) is 0 Å². The molecule has 0 radical (unpaired) electrons. The summed E-state index contributed by atoms with van der Waals surface area (Å²) in [5.41, 5.74) is -0.208. The molecule has 2 aliphatic heterocycles. The number of carbonyl (C=O) groups is 2. The van der Waals surface area contributed by atoms with Crippen LogP contribution in [0.1, 0.15) is 24.1 Å².